The van der Waals surface area contributed by atoms with Crippen molar-refractivity contribution in [3.63, 3.8) is 0 Å². The average molecular weight is 410 g/mol. The highest BCUT2D eigenvalue weighted by atomic mass is 35.5. The van der Waals surface area contributed by atoms with Crippen molar-refractivity contribution < 1.29 is 9.53 Å². The molecule has 0 saturated heterocycles. The van der Waals surface area contributed by atoms with Gasteiger partial charge in [-0.3, -0.25) is 0 Å². The highest BCUT2D eigenvalue weighted by Crippen LogP contribution is 2.30. The number of aromatic nitrogens is 3. The number of hydrogen-bond donors (Lipinski definition) is 0. The molecular weight excluding hydrogens is 393 g/mol. The van der Waals surface area contributed by atoms with Crippen LogP contribution >= 0.6 is 34.5 Å². The smallest absolute Gasteiger partial charge is 0.341 e. The second-order valence-electron chi connectivity index (χ2n) is 5.53. The highest BCUT2D eigenvalue weighted by Gasteiger charge is 2.20. The number of thiazole rings is 1. The van der Waals surface area contributed by atoms with Crippen LogP contribution in [0.15, 0.2) is 29.8 Å². The number of halogens is 2. The summed E-state index contributed by atoms with van der Waals surface area (Å²) in [7, 11) is 0. The minimum absolute atomic E-state index is 0.328. The van der Waals surface area contributed by atoms with Crippen molar-refractivity contribution in [2.45, 2.75) is 26.7 Å². The molecule has 0 spiro atoms. The molecule has 5 nitrogen and oxygen atoms in total. The number of ether oxygens (including phenoxy) is 1. The van der Waals surface area contributed by atoms with Gasteiger partial charge in [0.1, 0.15) is 5.56 Å². The molecule has 0 fully saturated rings. The van der Waals surface area contributed by atoms with Gasteiger partial charge in [0.15, 0.2) is 0 Å². The normalized spacial score (nSPS) is 10.9. The minimum Gasteiger partial charge on any atom is -0.462 e. The molecule has 2 aromatic heterocycles. The molecule has 8 heteroatoms. The molecule has 2 heterocycles. The number of nitrogens with zero attached hydrogens (tertiary/aromatic N) is 3. The fraction of sp³-hybridized carbons (Fsp3) is 0.278. The van der Waals surface area contributed by atoms with E-state index in [-0.39, 0.29) is 5.97 Å². The van der Waals surface area contributed by atoms with Crippen LogP contribution in [-0.2, 0) is 11.2 Å². The summed E-state index contributed by atoms with van der Waals surface area (Å²) in [6.07, 6.45) is 3.13. The third-order valence-corrected chi connectivity index (χ3v) is 5.29. The summed E-state index contributed by atoms with van der Waals surface area (Å²) in [5.74, 6) is -0.358. The zero-order chi connectivity index (χ0) is 18.7. The third-order valence-electron chi connectivity index (χ3n) is 3.74. The number of rotatable bonds is 6. The average Bonchev–Trinajstić information content (AvgIpc) is 3.25. The lowest BCUT2D eigenvalue weighted by atomic mass is 10.1. The summed E-state index contributed by atoms with van der Waals surface area (Å²) in [6, 6.07) is 5.39. The van der Waals surface area contributed by atoms with Gasteiger partial charge in [-0.25, -0.2) is 14.5 Å². The van der Waals surface area contributed by atoms with Gasteiger partial charge >= 0.3 is 5.97 Å². The van der Waals surface area contributed by atoms with E-state index in [2.05, 4.69) is 17.0 Å². The number of carbonyl (C=O) groups is 1. The van der Waals surface area contributed by atoms with E-state index in [9.17, 15) is 4.79 Å². The Balaban J connectivity index is 1.98. The molecule has 0 aliphatic heterocycles. The van der Waals surface area contributed by atoms with Gasteiger partial charge in [-0.05, 0) is 25.5 Å². The van der Waals surface area contributed by atoms with E-state index in [4.69, 9.17) is 27.9 Å². The van der Waals surface area contributed by atoms with E-state index < -0.39 is 0 Å². The first-order valence-corrected chi connectivity index (χ1v) is 9.84. The van der Waals surface area contributed by atoms with Crippen LogP contribution in [0.5, 0.6) is 0 Å². The summed E-state index contributed by atoms with van der Waals surface area (Å²) < 4.78 is 6.84. The van der Waals surface area contributed by atoms with Crippen molar-refractivity contribution in [1.82, 2.24) is 14.8 Å². The quantitative estimate of drug-likeness (QED) is 0.509. The predicted molar refractivity (Wildman–Crippen MR) is 105 cm³/mol. The van der Waals surface area contributed by atoms with E-state index in [0.717, 1.165) is 23.4 Å². The fourth-order valence-corrected chi connectivity index (χ4v) is 3.66. The van der Waals surface area contributed by atoms with Crippen LogP contribution in [0.1, 0.15) is 36.3 Å². The molecule has 0 aliphatic rings. The highest BCUT2D eigenvalue weighted by molar-refractivity contribution is 7.12. The molecule has 0 amide bonds. The molecule has 3 rings (SSSR count). The van der Waals surface area contributed by atoms with E-state index in [1.807, 2.05) is 11.4 Å². The second kappa shape index (κ2) is 8.20. The Hall–Kier alpha value is -1.89. The van der Waals surface area contributed by atoms with Crippen molar-refractivity contribution in [2.24, 2.45) is 0 Å². The van der Waals surface area contributed by atoms with Gasteiger partial charge in [0.05, 0.1) is 34.2 Å². The number of esters is 1. The lowest BCUT2D eigenvalue weighted by molar-refractivity contribution is 0.0525. The molecule has 1 aromatic carbocycles. The van der Waals surface area contributed by atoms with Gasteiger partial charge in [-0.2, -0.15) is 5.10 Å². The molecule has 0 N–H and O–H groups in total. The first kappa shape index (κ1) is 18.9. The summed E-state index contributed by atoms with van der Waals surface area (Å²) in [5.41, 5.74) is 2.94. The van der Waals surface area contributed by atoms with E-state index in [1.165, 1.54) is 11.3 Å². The van der Waals surface area contributed by atoms with Crippen LogP contribution in [0.4, 0.5) is 0 Å². The Bertz CT molecular complexity index is 936. The SMILES string of the molecule is CCCc1c(C(=O)OCC)cnn1-c1nc(-c2ccc(Cl)c(Cl)c2)cs1. The fourth-order valence-electron chi connectivity index (χ4n) is 2.54. The van der Waals surface area contributed by atoms with Crippen molar-refractivity contribution >= 4 is 40.5 Å². The van der Waals surface area contributed by atoms with Crippen LogP contribution < -0.4 is 0 Å². The van der Waals surface area contributed by atoms with E-state index in [0.29, 0.717) is 33.8 Å². The Kier molecular flexibility index (Phi) is 5.96. The second-order valence-corrected chi connectivity index (χ2v) is 7.18. The summed E-state index contributed by atoms with van der Waals surface area (Å²) >= 11 is 13.5. The van der Waals surface area contributed by atoms with E-state index in [1.54, 1.807) is 29.9 Å². The van der Waals surface area contributed by atoms with Crippen molar-refractivity contribution in [3.05, 3.63) is 51.1 Å². The molecule has 0 bridgehead atoms. The Morgan fingerprint density at radius 2 is 2.08 bits per heavy atom. The van der Waals surface area contributed by atoms with Crippen molar-refractivity contribution in [1.29, 1.82) is 0 Å². The number of carbonyl (C=O) groups excluding carboxylic acids is 1. The first-order valence-electron chi connectivity index (χ1n) is 8.20. The maximum absolute atomic E-state index is 12.2. The summed E-state index contributed by atoms with van der Waals surface area (Å²) in [6.45, 7) is 4.16. The molecule has 0 aliphatic carbocycles. The van der Waals surface area contributed by atoms with Crippen molar-refractivity contribution in [3.8, 4) is 16.4 Å². The summed E-state index contributed by atoms with van der Waals surface area (Å²) in [5, 5.41) is 7.96. The van der Waals surface area contributed by atoms with Gasteiger partial charge in [-0.15, -0.1) is 11.3 Å². The Morgan fingerprint density at radius 1 is 1.27 bits per heavy atom. The van der Waals surface area contributed by atoms with Crippen molar-refractivity contribution in [2.75, 3.05) is 6.61 Å². The Morgan fingerprint density at radius 3 is 2.77 bits per heavy atom. The molecular formula is C18H17Cl2N3O2S. The van der Waals surface area contributed by atoms with Crippen LogP contribution in [0.2, 0.25) is 10.0 Å². The predicted octanol–water partition coefficient (Wildman–Crippen LogP) is 5.43. The lowest BCUT2D eigenvalue weighted by Gasteiger charge is -2.06. The maximum atomic E-state index is 12.2. The largest absolute Gasteiger partial charge is 0.462 e. The zero-order valence-corrected chi connectivity index (χ0v) is 16.7. The standard InChI is InChI=1S/C18H17Cl2N3O2S/c1-3-5-16-12(17(24)25-4-2)9-21-23(16)18-22-15(10-26-18)11-6-7-13(19)14(20)8-11/h6-10H,3-5H2,1-2H3. The van der Waals surface area contributed by atoms with E-state index >= 15 is 0 Å². The third kappa shape index (κ3) is 3.77. The zero-order valence-electron chi connectivity index (χ0n) is 14.3. The molecule has 3 aromatic rings. The van der Waals surface area contributed by atoms with Crippen LogP contribution in [0, 0.1) is 0 Å². The lowest BCUT2D eigenvalue weighted by Crippen LogP contribution is -2.09. The van der Waals surface area contributed by atoms with Gasteiger partial charge in [0.2, 0.25) is 5.13 Å². The first-order chi connectivity index (χ1) is 12.5. The van der Waals surface area contributed by atoms with Gasteiger partial charge in [-0.1, -0.05) is 42.6 Å². The number of benzene rings is 1. The van der Waals surface area contributed by atoms with Crippen LogP contribution in [0.3, 0.4) is 0 Å². The van der Waals surface area contributed by atoms with Gasteiger partial charge in [0, 0.05) is 10.9 Å². The molecule has 0 atom stereocenters. The maximum Gasteiger partial charge on any atom is 0.341 e. The summed E-state index contributed by atoms with van der Waals surface area (Å²) in [4.78, 5) is 16.8. The monoisotopic (exact) mass is 409 g/mol. The molecule has 26 heavy (non-hydrogen) atoms. The minimum atomic E-state index is -0.358. The van der Waals surface area contributed by atoms with Gasteiger partial charge < -0.3 is 4.74 Å². The van der Waals surface area contributed by atoms with Crippen LogP contribution in [0.25, 0.3) is 16.4 Å². The van der Waals surface area contributed by atoms with Gasteiger partial charge in [0.25, 0.3) is 0 Å². The topological polar surface area (TPSA) is 57.0 Å². The molecule has 0 radical (unpaired) electrons. The molecule has 136 valence electrons. The van der Waals surface area contributed by atoms with Crippen LogP contribution in [-0.4, -0.2) is 27.3 Å². The Labute approximate surface area is 165 Å². The molecule has 0 unspecified atom stereocenters. The number of hydrogen-bond acceptors (Lipinski definition) is 5. The molecule has 0 saturated carbocycles.